The van der Waals surface area contributed by atoms with Crippen molar-refractivity contribution in [3.8, 4) is 5.69 Å². The molecule has 19 heavy (non-hydrogen) atoms. The molecule has 1 fully saturated rings. The van der Waals surface area contributed by atoms with Gasteiger partial charge < -0.3 is 5.32 Å². The van der Waals surface area contributed by atoms with Crippen LogP contribution in [0.1, 0.15) is 24.1 Å². The van der Waals surface area contributed by atoms with Gasteiger partial charge in [0.2, 0.25) is 0 Å². The van der Waals surface area contributed by atoms with Gasteiger partial charge in [0.05, 0.1) is 22.1 Å². The van der Waals surface area contributed by atoms with Gasteiger partial charge in [0.25, 0.3) is 0 Å². The monoisotopic (exact) mass is 324 g/mol. The summed E-state index contributed by atoms with van der Waals surface area (Å²) >= 11 is 3.19. The third-order valence-electron chi connectivity index (χ3n) is 3.24. The number of halogens is 2. The van der Waals surface area contributed by atoms with E-state index in [9.17, 15) is 4.39 Å². The first-order valence-electron chi connectivity index (χ1n) is 6.24. The average Bonchev–Trinajstić information content (AvgIpc) is 3.09. The first-order valence-corrected chi connectivity index (χ1v) is 7.03. The molecular weight excluding hydrogens is 311 g/mol. The molecule has 1 aliphatic rings. The van der Waals surface area contributed by atoms with Gasteiger partial charge in [0.15, 0.2) is 0 Å². The fraction of sp³-hybridized carbons (Fsp3) is 0.385. The summed E-state index contributed by atoms with van der Waals surface area (Å²) in [5.74, 6) is -0.294. The zero-order chi connectivity index (χ0) is 13.4. The second kappa shape index (κ2) is 5.02. The lowest BCUT2D eigenvalue weighted by Gasteiger charge is -2.10. The molecule has 0 aliphatic heterocycles. The summed E-state index contributed by atoms with van der Waals surface area (Å²) < 4.78 is 15.8. The smallest absolute Gasteiger partial charge is 0.139 e. The van der Waals surface area contributed by atoms with Crippen LogP contribution in [0.2, 0.25) is 0 Å². The predicted molar refractivity (Wildman–Crippen MR) is 73.6 cm³/mol. The molecule has 6 heteroatoms. The number of aromatic nitrogens is 3. The van der Waals surface area contributed by atoms with Crippen molar-refractivity contribution >= 4 is 15.9 Å². The third-order valence-corrected chi connectivity index (χ3v) is 3.84. The molecule has 0 atom stereocenters. The van der Waals surface area contributed by atoms with Crippen molar-refractivity contribution < 1.29 is 4.39 Å². The Labute approximate surface area is 119 Å². The van der Waals surface area contributed by atoms with Crippen molar-refractivity contribution in [3.05, 3.63) is 39.9 Å². The molecule has 3 rings (SSSR count). The van der Waals surface area contributed by atoms with Crippen LogP contribution in [0, 0.1) is 12.7 Å². The highest BCUT2D eigenvalue weighted by atomic mass is 79.9. The van der Waals surface area contributed by atoms with E-state index in [2.05, 4.69) is 31.6 Å². The molecule has 0 unspecified atom stereocenters. The van der Waals surface area contributed by atoms with Gasteiger partial charge in [0, 0.05) is 18.7 Å². The predicted octanol–water partition coefficient (Wildman–Crippen LogP) is 2.73. The van der Waals surface area contributed by atoms with Crippen molar-refractivity contribution in [2.45, 2.75) is 32.4 Å². The molecular formula is C13H14BrFN4. The summed E-state index contributed by atoms with van der Waals surface area (Å²) in [4.78, 5) is 0. The van der Waals surface area contributed by atoms with E-state index in [1.165, 1.54) is 18.9 Å². The van der Waals surface area contributed by atoms with Crippen LogP contribution in [0.3, 0.4) is 0 Å². The molecule has 1 saturated carbocycles. The van der Waals surface area contributed by atoms with Crippen LogP contribution in [0.15, 0.2) is 22.8 Å². The molecule has 1 N–H and O–H groups in total. The zero-order valence-corrected chi connectivity index (χ0v) is 12.1. The molecule has 1 heterocycles. The maximum absolute atomic E-state index is 13.7. The van der Waals surface area contributed by atoms with Crippen LogP contribution < -0.4 is 5.32 Å². The molecule has 0 radical (unpaired) electrons. The first kappa shape index (κ1) is 12.7. The molecule has 1 aromatic heterocycles. The van der Waals surface area contributed by atoms with Gasteiger partial charge in [-0.15, -0.1) is 5.10 Å². The van der Waals surface area contributed by atoms with E-state index in [-0.39, 0.29) is 5.82 Å². The Morgan fingerprint density at radius 3 is 3.00 bits per heavy atom. The molecule has 0 saturated heterocycles. The van der Waals surface area contributed by atoms with Crippen molar-refractivity contribution in [3.63, 3.8) is 0 Å². The number of hydrogen-bond donors (Lipinski definition) is 1. The fourth-order valence-electron chi connectivity index (χ4n) is 1.98. The molecule has 0 bridgehead atoms. The minimum absolute atomic E-state index is 0.294. The van der Waals surface area contributed by atoms with Crippen LogP contribution in [0.4, 0.5) is 4.39 Å². The van der Waals surface area contributed by atoms with E-state index < -0.39 is 0 Å². The summed E-state index contributed by atoms with van der Waals surface area (Å²) in [6.45, 7) is 2.63. The maximum atomic E-state index is 13.7. The quantitative estimate of drug-likeness (QED) is 0.940. The van der Waals surface area contributed by atoms with Gasteiger partial charge in [-0.1, -0.05) is 5.21 Å². The standard InChI is InChI=1S/C13H14BrFN4/c1-8-4-11(14)12(15)5-13(8)19-10(7-17-18-19)6-16-9-2-3-9/h4-5,7,9,16H,2-3,6H2,1H3. The molecule has 1 aromatic carbocycles. The number of rotatable bonds is 4. The van der Waals surface area contributed by atoms with E-state index in [0.717, 1.165) is 16.9 Å². The van der Waals surface area contributed by atoms with Crippen LogP contribution in [0.5, 0.6) is 0 Å². The highest BCUT2D eigenvalue weighted by Gasteiger charge is 2.21. The van der Waals surface area contributed by atoms with Crippen LogP contribution >= 0.6 is 15.9 Å². The van der Waals surface area contributed by atoms with Crippen LogP contribution in [0.25, 0.3) is 5.69 Å². The Balaban J connectivity index is 1.92. The van der Waals surface area contributed by atoms with Gasteiger partial charge in [-0.3, -0.25) is 0 Å². The molecule has 1 aliphatic carbocycles. The summed E-state index contributed by atoms with van der Waals surface area (Å²) in [6.07, 6.45) is 4.18. The van der Waals surface area contributed by atoms with Crippen LogP contribution in [-0.4, -0.2) is 21.0 Å². The van der Waals surface area contributed by atoms with Crippen molar-refractivity contribution in [2.24, 2.45) is 0 Å². The third kappa shape index (κ3) is 2.69. The fourth-order valence-corrected chi connectivity index (χ4v) is 2.44. The minimum Gasteiger partial charge on any atom is -0.308 e. The van der Waals surface area contributed by atoms with E-state index in [0.29, 0.717) is 17.1 Å². The average molecular weight is 325 g/mol. The number of benzene rings is 1. The normalized spacial score (nSPS) is 14.9. The van der Waals surface area contributed by atoms with Gasteiger partial charge >= 0.3 is 0 Å². The summed E-state index contributed by atoms with van der Waals surface area (Å²) in [5, 5.41) is 11.4. The Bertz CT molecular complexity index is 607. The largest absolute Gasteiger partial charge is 0.308 e. The number of aryl methyl sites for hydroxylation is 1. The highest BCUT2D eigenvalue weighted by molar-refractivity contribution is 9.10. The molecule has 2 aromatic rings. The zero-order valence-electron chi connectivity index (χ0n) is 10.5. The Hall–Kier alpha value is -1.27. The van der Waals surface area contributed by atoms with E-state index >= 15 is 0 Å². The number of hydrogen-bond acceptors (Lipinski definition) is 3. The topological polar surface area (TPSA) is 42.7 Å². The SMILES string of the molecule is Cc1cc(Br)c(F)cc1-n1nncc1CNC1CC1. The number of nitrogens with zero attached hydrogens (tertiary/aromatic N) is 3. The highest BCUT2D eigenvalue weighted by Crippen LogP contribution is 2.24. The van der Waals surface area contributed by atoms with E-state index in [4.69, 9.17) is 0 Å². The second-order valence-corrected chi connectivity index (χ2v) is 5.70. The lowest BCUT2D eigenvalue weighted by atomic mass is 10.2. The van der Waals surface area contributed by atoms with Gasteiger partial charge in [0.1, 0.15) is 5.82 Å². The van der Waals surface area contributed by atoms with E-state index in [1.54, 1.807) is 16.9 Å². The van der Waals surface area contributed by atoms with Crippen molar-refractivity contribution in [1.29, 1.82) is 0 Å². The number of nitrogens with one attached hydrogen (secondary N) is 1. The van der Waals surface area contributed by atoms with Gasteiger partial charge in [-0.05, 0) is 47.3 Å². The molecule has 4 nitrogen and oxygen atoms in total. The Morgan fingerprint density at radius 2 is 2.26 bits per heavy atom. The Morgan fingerprint density at radius 1 is 1.47 bits per heavy atom. The molecule has 0 spiro atoms. The molecule has 0 amide bonds. The summed E-state index contributed by atoms with van der Waals surface area (Å²) in [6, 6.07) is 3.85. The van der Waals surface area contributed by atoms with E-state index in [1.807, 2.05) is 6.92 Å². The van der Waals surface area contributed by atoms with Crippen molar-refractivity contribution in [1.82, 2.24) is 20.3 Å². The second-order valence-electron chi connectivity index (χ2n) is 4.85. The van der Waals surface area contributed by atoms with Gasteiger partial charge in [-0.25, -0.2) is 9.07 Å². The summed E-state index contributed by atoms with van der Waals surface area (Å²) in [5.41, 5.74) is 2.62. The lowest BCUT2D eigenvalue weighted by Crippen LogP contribution is -2.18. The van der Waals surface area contributed by atoms with Crippen LogP contribution in [-0.2, 0) is 6.54 Å². The minimum atomic E-state index is -0.294. The maximum Gasteiger partial charge on any atom is 0.139 e. The molecule has 100 valence electrons. The first-order chi connectivity index (χ1) is 9.15. The van der Waals surface area contributed by atoms with Gasteiger partial charge in [-0.2, -0.15) is 0 Å². The summed E-state index contributed by atoms with van der Waals surface area (Å²) in [7, 11) is 0. The van der Waals surface area contributed by atoms with Crippen molar-refractivity contribution in [2.75, 3.05) is 0 Å². The lowest BCUT2D eigenvalue weighted by molar-refractivity contribution is 0.612. The Kier molecular flexibility index (Phi) is 3.36.